The molecule has 0 spiro atoms. The zero-order valence-electron chi connectivity index (χ0n) is 19.0. The van der Waals surface area contributed by atoms with Crippen LogP contribution >= 0.6 is 23.6 Å². The highest BCUT2D eigenvalue weighted by atomic mass is 32.1. The van der Waals surface area contributed by atoms with Crippen LogP contribution in [0.25, 0.3) is 16.0 Å². The molecule has 0 fully saturated rings. The van der Waals surface area contributed by atoms with Crippen LogP contribution in [0.5, 0.6) is 0 Å². The number of rotatable bonds is 5. The SMILES string of the molecule is Cc1nc(Nc2ccc(C3=NNC(c4ccccc4)C3)cc2)c2sc(=S)n(-c3ccccc3)c2n1. The van der Waals surface area contributed by atoms with Gasteiger partial charge in [0.05, 0.1) is 11.8 Å². The van der Waals surface area contributed by atoms with Crippen molar-refractivity contribution in [3.63, 3.8) is 0 Å². The molecule has 3 aromatic carbocycles. The Labute approximate surface area is 212 Å². The fourth-order valence-electron chi connectivity index (χ4n) is 4.29. The molecule has 2 aromatic heterocycles. The summed E-state index contributed by atoms with van der Waals surface area (Å²) in [5.74, 6) is 1.45. The molecule has 1 atom stereocenters. The van der Waals surface area contributed by atoms with Crippen molar-refractivity contribution in [1.82, 2.24) is 20.0 Å². The average molecular weight is 495 g/mol. The van der Waals surface area contributed by atoms with Crippen molar-refractivity contribution >= 4 is 51.1 Å². The van der Waals surface area contributed by atoms with Gasteiger partial charge in [0.15, 0.2) is 15.4 Å². The van der Waals surface area contributed by atoms with Crippen LogP contribution in [0.2, 0.25) is 0 Å². The largest absolute Gasteiger partial charge is 0.339 e. The van der Waals surface area contributed by atoms with Gasteiger partial charge < -0.3 is 10.7 Å². The molecular formula is C27H22N6S2. The summed E-state index contributed by atoms with van der Waals surface area (Å²) in [6.07, 6.45) is 0.860. The van der Waals surface area contributed by atoms with Crippen molar-refractivity contribution in [3.05, 3.63) is 106 Å². The Hall–Kier alpha value is -3.88. The molecule has 6 rings (SSSR count). The Morgan fingerprint density at radius 3 is 2.40 bits per heavy atom. The first kappa shape index (κ1) is 21.6. The maximum Gasteiger partial charge on any atom is 0.168 e. The molecular weight excluding hydrogens is 472 g/mol. The highest BCUT2D eigenvalue weighted by Crippen LogP contribution is 2.32. The summed E-state index contributed by atoms with van der Waals surface area (Å²) in [5.41, 5.74) is 9.44. The van der Waals surface area contributed by atoms with Crippen LogP contribution in [-0.4, -0.2) is 20.2 Å². The summed E-state index contributed by atoms with van der Waals surface area (Å²) in [7, 11) is 0. The topological polar surface area (TPSA) is 67.1 Å². The number of nitrogens with one attached hydrogen (secondary N) is 2. The van der Waals surface area contributed by atoms with Gasteiger partial charge in [-0.05, 0) is 54.5 Å². The molecule has 172 valence electrons. The number of aromatic nitrogens is 3. The fourth-order valence-corrected chi connectivity index (χ4v) is 5.61. The maximum atomic E-state index is 5.69. The third-order valence-corrected chi connectivity index (χ3v) is 7.36. The second kappa shape index (κ2) is 9.05. The summed E-state index contributed by atoms with van der Waals surface area (Å²) in [6.45, 7) is 1.90. The zero-order valence-corrected chi connectivity index (χ0v) is 20.6. The Bertz CT molecular complexity index is 1590. The third kappa shape index (κ3) is 4.22. The van der Waals surface area contributed by atoms with Crippen molar-refractivity contribution in [1.29, 1.82) is 0 Å². The molecule has 6 nitrogen and oxygen atoms in total. The van der Waals surface area contributed by atoms with E-state index in [4.69, 9.17) is 17.2 Å². The summed E-state index contributed by atoms with van der Waals surface area (Å²) < 4.78 is 3.68. The minimum atomic E-state index is 0.212. The van der Waals surface area contributed by atoms with Crippen LogP contribution in [0, 0.1) is 10.9 Å². The quantitative estimate of drug-likeness (QED) is 0.266. The van der Waals surface area contributed by atoms with Gasteiger partial charge in [-0.2, -0.15) is 5.10 Å². The minimum Gasteiger partial charge on any atom is -0.339 e. The van der Waals surface area contributed by atoms with Crippen molar-refractivity contribution in [2.45, 2.75) is 19.4 Å². The van der Waals surface area contributed by atoms with Crippen LogP contribution in [0.3, 0.4) is 0 Å². The van der Waals surface area contributed by atoms with Gasteiger partial charge in [0.25, 0.3) is 0 Å². The van der Waals surface area contributed by atoms with E-state index in [1.54, 1.807) is 0 Å². The van der Waals surface area contributed by atoms with E-state index in [2.05, 4.69) is 69.4 Å². The molecule has 1 unspecified atom stereocenters. The number of para-hydroxylation sites is 1. The third-order valence-electron chi connectivity index (χ3n) is 5.99. The number of anilines is 2. The van der Waals surface area contributed by atoms with Crippen molar-refractivity contribution in [3.8, 4) is 5.69 Å². The number of thiazole rings is 1. The van der Waals surface area contributed by atoms with Gasteiger partial charge in [-0.25, -0.2) is 9.97 Å². The lowest BCUT2D eigenvalue weighted by Gasteiger charge is -2.10. The molecule has 0 radical (unpaired) electrons. The number of hydrogen-bond donors (Lipinski definition) is 2. The Morgan fingerprint density at radius 1 is 0.943 bits per heavy atom. The summed E-state index contributed by atoms with van der Waals surface area (Å²) in [4.78, 5) is 9.39. The second-order valence-corrected chi connectivity index (χ2v) is 10.0. The lowest BCUT2D eigenvalue weighted by atomic mass is 9.99. The molecule has 0 amide bonds. The van der Waals surface area contributed by atoms with E-state index in [1.807, 2.05) is 47.9 Å². The fraction of sp³-hybridized carbons (Fsp3) is 0.111. The molecule has 0 bridgehead atoms. The zero-order chi connectivity index (χ0) is 23.8. The summed E-state index contributed by atoms with van der Waals surface area (Å²) in [6, 6.07) is 29.0. The summed E-state index contributed by atoms with van der Waals surface area (Å²) >= 11 is 7.21. The van der Waals surface area contributed by atoms with E-state index >= 15 is 0 Å². The molecule has 1 aliphatic heterocycles. The van der Waals surface area contributed by atoms with E-state index in [0.717, 1.165) is 49.2 Å². The van der Waals surface area contributed by atoms with E-state index in [0.29, 0.717) is 5.82 Å². The van der Waals surface area contributed by atoms with E-state index in [1.165, 1.54) is 16.9 Å². The van der Waals surface area contributed by atoms with Gasteiger partial charge in [0.2, 0.25) is 0 Å². The van der Waals surface area contributed by atoms with Crippen molar-refractivity contribution in [2.24, 2.45) is 5.10 Å². The van der Waals surface area contributed by atoms with Crippen LogP contribution in [0.4, 0.5) is 11.5 Å². The Kier molecular flexibility index (Phi) is 5.60. The molecule has 8 heteroatoms. The van der Waals surface area contributed by atoms with Gasteiger partial charge >= 0.3 is 0 Å². The average Bonchev–Trinajstić information content (AvgIpc) is 3.50. The van der Waals surface area contributed by atoms with Crippen LogP contribution in [0.15, 0.2) is 90.0 Å². The highest BCUT2D eigenvalue weighted by molar-refractivity contribution is 7.73. The number of hydrazone groups is 1. The molecule has 1 aliphatic rings. The standard InChI is InChI=1S/C27H22N6S2/c1-17-28-25(24-26(29-17)33(27(34)35-24)21-10-6-3-7-11-21)30-20-14-12-19(13-15-20)23-16-22(31-32-23)18-8-4-2-5-9-18/h2-15,22,31H,16H2,1H3,(H,28,29,30). The van der Waals surface area contributed by atoms with Crippen LogP contribution in [-0.2, 0) is 0 Å². The van der Waals surface area contributed by atoms with Gasteiger partial charge in [0.1, 0.15) is 10.5 Å². The van der Waals surface area contributed by atoms with Gasteiger partial charge in [-0.3, -0.25) is 4.57 Å². The predicted molar refractivity (Wildman–Crippen MR) is 146 cm³/mol. The maximum absolute atomic E-state index is 5.69. The lowest BCUT2D eigenvalue weighted by Crippen LogP contribution is -2.09. The van der Waals surface area contributed by atoms with Crippen molar-refractivity contribution in [2.75, 3.05) is 5.32 Å². The molecule has 0 aliphatic carbocycles. The molecule has 5 aromatic rings. The summed E-state index contributed by atoms with van der Waals surface area (Å²) in [5, 5.41) is 8.06. The second-order valence-electron chi connectivity index (χ2n) is 8.37. The molecule has 0 saturated carbocycles. The molecule has 0 saturated heterocycles. The molecule has 3 heterocycles. The number of nitrogens with zero attached hydrogens (tertiary/aromatic N) is 4. The number of fused-ring (bicyclic) bond motifs is 1. The van der Waals surface area contributed by atoms with Gasteiger partial charge in [-0.15, -0.1) is 0 Å². The van der Waals surface area contributed by atoms with E-state index in [-0.39, 0.29) is 6.04 Å². The molecule has 2 N–H and O–H groups in total. The Balaban J connectivity index is 1.26. The first-order valence-electron chi connectivity index (χ1n) is 11.4. The first-order valence-corrected chi connectivity index (χ1v) is 12.6. The monoisotopic (exact) mass is 494 g/mol. The Morgan fingerprint density at radius 2 is 1.66 bits per heavy atom. The van der Waals surface area contributed by atoms with Gasteiger partial charge in [-0.1, -0.05) is 72.0 Å². The highest BCUT2D eigenvalue weighted by Gasteiger charge is 2.21. The van der Waals surface area contributed by atoms with Crippen molar-refractivity contribution < 1.29 is 0 Å². The smallest absolute Gasteiger partial charge is 0.168 e. The molecule has 35 heavy (non-hydrogen) atoms. The van der Waals surface area contributed by atoms with Crippen LogP contribution in [0.1, 0.15) is 29.4 Å². The van der Waals surface area contributed by atoms with Crippen LogP contribution < -0.4 is 10.7 Å². The number of benzene rings is 3. The number of aryl methyl sites for hydroxylation is 1. The lowest BCUT2D eigenvalue weighted by molar-refractivity contribution is 0.620. The predicted octanol–water partition coefficient (Wildman–Crippen LogP) is 6.70. The van der Waals surface area contributed by atoms with Gasteiger partial charge in [0, 0.05) is 17.8 Å². The normalized spacial score (nSPS) is 15.1. The number of hydrogen-bond acceptors (Lipinski definition) is 7. The van der Waals surface area contributed by atoms with E-state index < -0.39 is 0 Å². The first-order chi connectivity index (χ1) is 17.2. The minimum absolute atomic E-state index is 0.212. The van der Waals surface area contributed by atoms with E-state index in [9.17, 15) is 0 Å².